The Labute approximate surface area is 138 Å². The van der Waals surface area contributed by atoms with Gasteiger partial charge in [-0.15, -0.1) is 0 Å². The largest absolute Gasteiger partial charge is 0.396 e. The summed E-state index contributed by atoms with van der Waals surface area (Å²) in [5.74, 6) is 2.22. The van der Waals surface area contributed by atoms with Gasteiger partial charge in [-0.3, -0.25) is 9.59 Å². The number of oxime groups is 1. The summed E-state index contributed by atoms with van der Waals surface area (Å²) in [6.07, 6.45) is 4.35. The van der Waals surface area contributed by atoms with E-state index in [2.05, 4.69) is 12.1 Å². The zero-order valence-electron chi connectivity index (χ0n) is 14.1. The number of carbonyl (C=O) groups is 2. The van der Waals surface area contributed by atoms with Gasteiger partial charge in [-0.25, -0.2) is 0 Å². The number of hydrogen-bond donors (Lipinski definition) is 0. The molecule has 0 aromatic carbocycles. The van der Waals surface area contributed by atoms with E-state index in [9.17, 15) is 9.59 Å². The van der Waals surface area contributed by atoms with Crippen molar-refractivity contribution in [2.45, 2.75) is 59.3 Å². The highest BCUT2D eigenvalue weighted by atomic mass is 32.2. The van der Waals surface area contributed by atoms with Gasteiger partial charge in [0, 0.05) is 19.3 Å². The van der Waals surface area contributed by atoms with Crippen molar-refractivity contribution in [3.8, 4) is 0 Å². The van der Waals surface area contributed by atoms with E-state index < -0.39 is 5.92 Å². The number of carbonyl (C=O) groups excluding carboxylic acids is 2. The minimum atomic E-state index is -0.486. The van der Waals surface area contributed by atoms with Crippen LogP contribution in [0.1, 0.15) is 59.3 Å². The van der Waals surface area contributed by atoms with Crippen molar-refractivity contribution in [3.05, 3.63) is 0 Å². The molecule has 1 saturated carbocycles. The summed E-state index contributed by atoms with van der Waals surface area (Å²) < 4.78 is 0. The van der Waals surface area contributed by atoms with Crippen LogP contribution in [0.2, 0.25) is 0 Å². The number of thioether (sulfide) groups is 1. The lowest BCUT2D eigenvalue weighted by atomic mass is 9.76. The predicted octanol–water partition coefficient (Wildman–Crippen LogP) is 3.88. The van der Waals surface area contributed by atoms with Crippen LogP contribution in [-0.4, -0.2) is 35.4 Å². The van der Waals surface area contributed by atoms with Crippen LogP contribution < -0.4 is 0 Å². The van der Waals surface area contributed by atoms with E-state index in [0.29, 0.717) is 32.3 Å². The standard InChI is InChI=1S/C17H29NO3S/c1-4-14(18-21-5-2)12-15-16(19)10-13(11-17(15)20)8-7-9-22-6-3/h13,15H,4-12H2,1-3H3. The van der Waals surface area contributed by atoms with Crippen LogP contribution in [-0.2, 0) is 14.4 Å². The Morgan fingerprint density at radius 3 is 2.45 bits per heavy atom. The summed E-state index contributed by atoms with van der Waals surface area (Å²) in [6.45, 7) is 6.50. The molecule has 1 fully saturated rings. The fraction of sp³-hybridized carbons (Fsp3) is 0.824. The van der Waals surface area contributed by atoms with Gasteiger partial charge in [0.05, 0.1) is 11.6 Å². The summed E-state index contributed by atoms with van der Waals surface area (Å²) in [7, 11) is 0. The molecule has 5 heteroatoms. The van der Waals surface area contributed by atoms with Crippen LogP contribution in [0.25, 0.3) is 0 Å². The van der Waals surface area contributed by atoms with Gasteiger partial charge in [0.2, 0.25) is 0 Å². The molecule has 0 heterocycles. The van der Waals surface area contributed by atoms with Crippen LogP contribution >= 0.6 is 11.8 Å². The quantitative estimate of drug-likeness (QED) is 0.264. The van der Waals surface area contributed by atoms with E-state index in [1.54, 1.807) is 0 Å². The zero-order valence-corrected chi connectivity index (χ0v) is 14.9. The van der Waals surface area contributed by atoms with Crippen LogP contribution in [0.3, 0.4) is 0 Å². The van der Waals surface area contributed by atoms with Gasteiger partial charge in [-0.05, 0) is 43.6 Å². The molecule has 0 aliphatic heterocycles. The maximum absolute atomic E-state index is 12.3. The molecule has 1 aliphatic rings. The summed E-state index contributed by atoms with van der Waals surface area (Å²) in [4.78, 5) is 29.7. The minimum absolute atomic E-state index is 0.0991. The Hall–Kier alpha value is -0.840. The third-order valence-electron chi connectivity index (χ3n) is 4.03. The molecule has 0 radical (unpaired) electrons. The fourth-order valence-electron chi connectivity index (χ4n) is 2.79. The molecule has 22 heavy (non-hydrogen) atoms. The monoisotopic (exact) mass is 327 g/mol. The number of nitrogens with zero attached hydrogens (tertiary/aromatic N) is 1. The summed E-state index contributed by atoms with van der Waals surface area (Å²) in [5, 5.41) is 4.02. The number of ketones is 2. The molecular formula is C17H29NO3S. The molecule has 0 atom stereocenters. The molecule has 0 spiro atoms. The summed E-state index contributed by atoms with van der Waals surface area (Å²) in [6, 6.07) is 0. The molecular weight excluding hydrogens is 298 g/mol. The first kappa shape index (κ1) is 19.2. The smallest absolute Gasteiger partial charge is 0.144 e. The van der Waals surface area contributed by atoms with Crippen molar-refractivity contribution < 1.29 is 14.4 Å². The average molecular weight is 327 g/mol. The molecule has 0 bridgehead atoms. The van der Waals surface area contributed by atoms with Gasteiger partial charge < -0.3 is 4.84 Å². The molecule has 0 unspecified atom stereocenters. The van der Waals surface area contributed by atoms with E-state index >= 15 is 0 Å². The Morgan fingerprint density at radius 1 is 1.23 bits per heavy atom. The second-order valence-electron chi connectivity index (χ2n) is 5.73. The first-order valence-electron chi connectivity index (χ1n) is 8.43. The van der Waals surface area contributed by atoms with E-state index in [1.165, 1.54) is 0 Å². The molecule has 0 aromatic rings. The van der Waals surface area contributed by atoms with Crippen molar-refractivity contribution in [2.24, 2.45) is 17.0 Å². The summed E-state index contributed by atoms with van der Waals surface area (Å²) in [5.41, 5.74) is 0.811. The number of rotatable bonds is 10. The van der Waals surface area contributed by atoms with E-state index in [-0.39, 0.29) is 17.5 Å². The van der Waals surface area contributed by atoms with Gasteiger partial charge in [0.25, 0.3) is 0 Å². The van der Waals surface area contributed by atoms with Crippen LogP contribution in [0.15, 0.2) is 5.16 Å². The number of Topliss-reactive ketones (excluding diaryl/α,β-unsaturated/α-hetero) is 2. The van der Waals surface area contributed by atoms with Crippen molar-refractivity contribution in [3.63, 3.8) is 0 Å². The topological polar surface area (TPSA) is 55.7 Å². The Bertz CT molecular complexity index is 377. The molecule has 0 saturated heterocycles. The molecule has 1 aliphatic carbocycles. The fourth-order valence-corrected chi connectivity index (χ4v) is 3.45. The van der Waals surface area contributed by atoms with Crippen molar-refractivity contribution in [1.29, 1.82) is 0 Å². The lowest BCUT2D eigenvalue weighted by Gasteiger charge is -2.26. The van der Waals surface area contributed by atoms with Gasteiger partial charge in [0.15, 0.2) is 0 Å². The van der Waals surface area contributed by atoms with Gasteiger partial charge in [-0.1, -0.05) is 19.0 Å². The third-order valence-corrected chi connectivity index (χ3v) is 5.02. The highest BCUT2D eigenvalue weighted by Crippen LogP contribution is 2.29. The molecule has 0 aromatic heterocycles. The highest BCUT2D eigenvalue weighted by Gasteiger charge is 2.35. The Balaban J connectivity index is 2.49. The lowest BCUT2D eigenvalue weighted by molar-refractivity contribution is -0.137. The molecule has 0 amide bonds. The maximum atomic E-state index is 12.3. The molecule has 126 valence electrons. The summed E-state index contributed by atoms with van der Waals surface area (Å²) >= 11 is 1.92. The zero-order chi connectivity index (χ0) is 16.4. The predicted molar refractivity (Wildman–Crippen MR) is 92.4 cm³/mol. The van der Waals surface area contributed by atoms with E-state index in [4.69, 9.17) is 4.84 Å². The Morgan fingerprint density at radius 2 is 1.91 bits per heavy atom. The van der Waals surface area contributed by atoms with Gasteiger partial charge >= 0.3 is 0 Å². The highest BCUT2D eigenvalue weighted by molar-refractivity contribution is 7.99. The van der Waals surface area contributed by atoms with Gasteiger partial charge in [0.1, 0.15) is 18.2 Å². The second kappa shape index (κ2) is 10.8. The number of hydrogen-bond acceptors (Lipinski definition) is 5. The molecule has 0 N–H and O–H groups in total. The van der Waals surface area contributed by atoms with Crippen LogP contribution in [0, 0.1) is 11.8 Å². The van der Waals surface area contributed by atoms with Crippen LogP contribution in [0.5, 0.6) is 0 Å². The lowest BCUT2D eigenvalue weighted by Crippen LogP contribution is -2.35. The average Bonchev–Trinajstić information content (AvgIpc) is 2.50. The third kappa shape index (κ3) is 6.51. The second-order valence-corrected chi connectivity index (χ2v) is 7.13. The van der Waals surface area contributed by atoms with Crippen LogP contribution in [0.4, 0.5) is 0 Å². The first-order chi connectivity index (χ1) is 10.6. The van der Waals surface area contributed by atoms with E-state index in [1.807, 2.05) is 25.6 Å². The minimum Gasteiger partial charge on any atom is -0.396 e. The maximum Gasteiger partial charge on any atom is 0.144 e. The van der Waals surface area contributed by atoms with Gasteiger partial charge in [-0.2, -0.15) is 11.8 Å². The molecule has 1 rings (SSSR count). The molecule has 4 nitrogen and oxygen atoms in total. The van der Waals surface area contributed by atoms with E-state index in [0.717, 1.165) is 30.1 Å². The SMILES string of the molecule is CCON=C(CC)CC1C(=O)CC(CCCSCC)CC1=O. The van der Waals surface area contributed by atoms with Crippen molar-refractivity contribution >= 4 is 29.0 Å². The normalized spacial score (nSPS) is 23.0. The van der Waals surface area contributed by atoms with Crippen molar-refractivity contribution in [2.75, 3.05) is 18.1 Å². The first-order valence-corrected chi connectivity index (χ1v) is 9.58. The van der Waals surface area contributed by atoms with Crippen molar-refractivity contribution in [1.82, 2.24) is 0 Å². The Kier molecular flexibility index (Phi) is 9.44.